The molecule has 3 heteroatoms. The Morgan fingerprint density at radius 3 is 2.95 bits per heavy atom. The van der Waals surface area contributed by atoms with Gasteiger partial charge in [-0.25, -0.2) is 4.98 Å². The molecule has 0 saturated heterocycles. The van der Waals surface area contributed by atoms with Crippen LogP contribution in [0, 0.1) is 5.92 Å². The number of hydrogen-bond donors (Lipinski definition) is 0. The molecular formula is C17H19NOS. The van der Waals surface area contributed by atoms with Crippen LogP contribution in [0.2, 0.25) is 0 Å². The topological polar surface area (TPSA) is 30.0 Å². The Hall–Kier alpha value is -1.35. The van der Waals surface area contributed by atoms with Crippen molar-refractivity contribution in [1.29, 1.82) is 0 Å². The first kappa shape index (κ1) is 13.6. The zero-order valence-electron chi connectivity index (χ0n) is 11.7. The van der Waals surface area contributed by atoms with E-state index < -0.39 is 0 Å². The van der Waals surface area contributed by atoms with Crippen molar-refractivity contribution in [3.63, 3.8) is 0 Å². The van der Waals surface area contributed by atoms with Gasteiger partial charge in [-0.1, -0.05) is 38.0 Å². The second kappa shape index (κ2) is 5.96. The van der Waals surface area contributed by atoms with E-state index in [9.17, 15) is 4.79 Å². The molecule has 20 heavy (non-hydrogen) atoms. The maximum atomic E-state index is 11.3. The molecule has 1 saturated carbocycles. The number of aldehydes is 1. The summed E-state index contributed by atoms with van der Waals surface area (Å²) in [4.78, 5) is 16.0. The fourth-order valence-corrected chi connectivity index (χ4v) is 4.36. The summed E-state index contributed by atoms with van der Waals surface area (Å²) in [6.07, 6.45) is 6.04. The Kier molecular flexibility index (Phi) is 4.06. The molecule has 1 aliphatic carbocycles. The number of carbonyl (C=O) groups is 1. The number of carbonyl (C=O) groups excluding carboxylic acids is 1. The van der Waals surface area contributed by atoms with Gasteiger partial charge in [0.05, 0.1) is 5.52 Å². The van der Waals surface area contributed by atoms with Gasteiger partial charge in [-0.2, -0.15) is 0 Å². The predicted octanol–water partition coefficient (Wildman–Crippen LogP) is 4.72. The van der Waals surface area contributed by atoms with Gasteiger partial charge in [0.1, 0.15) is 5.03 Å². The molecule has 2 nitrogen and oxygen atoms in total. The third-order valence-electron chi connectivity index (χ3n) is 4.01. The lowest BCUT2D eigenvalue weighted by molar-refractivity contribution is 0.112. The Balaban J connectivity index is 1.91. The van der Waals surface area contributed by atoms with Crippen LogP contribution in [0.1, 0.15) is 43.0 Å². The van der Waals surface area contributed by atoms with E-state index in [4.69, 9.17) is 4.98 Å². The number of aromatic nitrogens is 1. The molecule has 0 N–H and O–H groups in total. The predicted molar refractivity (Wildman–Crippen MR) is 84.4 cm³/mol. The number of fused-ring (bicyclic) bond motifs is 1. The number of thioether (sulfide) groups is 1. The number of nitrogens with zero attached hydrogens (tertiary/aromatic N) is 1. The molecule has 104 valence electrons. The normalized spacial score (nSPS) is 22.9. The van der Waals surface area contributed by atoms with Gasteiger partial charge in [-0.3, -0.25) is 4.79 Å². The lowest BCUT2D eigenvalue weighted by Crippen LogP contribution is -2.15. The van der Waals surface area contributed by atoms with E-state index in [1.54, 1.807) is 11.8 Å². The monoisotopic (exact) mass is 285 g/mol. The zero-order valence-corrected chi connectivity index (χ0v) is 12.5. The molecular weight excluding hydrogens is 266 g/mol. The number of pyridine rings is 1. The van der Waals surface area contributed by atoms with Gasteiger partial charge in [-0.15, -0.1) is 11.8 Å². The lowest BCUT2D eigenvalue weighted by Gasteiger charge is -2.26. The van der Waals surface area contributed by atoms with Crippen LogP contribution < -0.4 is 0 Å². The van der Waals surface area contributed by atoms with Crippen molar-refractivity contribution >= 4 is 29.0 Å². The summed E-state index contributed by atoms with van der Waals surface area (Å²) < 4.78 is 0. The van der Waals surface area contributed by atoms with Crippen molar-refractivity contribution in [3.05, 3.63) is 35.9 Å². The van der Waals surface area contributed by atoms with Crippen LogP contribution in [0.3, 0.4) is 0 Å². The van der Waals surface area contributed by atoms with Gasteiger partial charge in [0.15, 0.2) is 6.29 Å². The van der Waals surface area contributed by atoms with Gasteiger partial charge in [0.2, 0.25) is 0 Å². The molecule has 0 spiro atoms. The summed E-state index contributed by atoms with van der Waals surface area (Å²) in [5.74, 6) is 0.793. The molecule has 2 unspecified atom stereocenters. The fourth-order valence-electron chi connectivity index (χ4n) is 2.94. The van der Waals surface area contributed by atoms with Gasteiger partial charge < -0.3 is 0 Å². The van der Waals surface area contributed by atoms with Crippen LogP contribution in [0.15, 0.2) is 35.4 Å². The largest absolute Gasteiger partial charge is 0.298 e. The highest BCUT2D eigenvalue weighted by atomic mass is 32.2. The van der Waals surface area contributed by atoms with Crippen LogP contribution in [0.25, 0.3) is 10.9 Å². The highest BCUT2D eigenvalue weighted by Crippen LogP contribution is 2.37. The quantitative estimate of drug-likeness (QED) is 0.764. The number of para-hydroxylation sites is 1. The molecule has 1 aromatic carbocycles. The Labute approximate surface area is 124 Å². The first-order valence-electron chi connectivity index (χ1n) is 7.28. The Bertz CT molecular complexity index is 625. The minimum atomic E-state index is 0.603. The number of hydrogen-bond acceptors (Lipinski definition) is 3. The molecule has 0 bridgehead atoms. The molecule has 0 aliphatic heterocycles. The third kappa shape index (κ3) is 2.88. The smallest absolute Gasteiger partial charge is 0.152 e. The average molecular weight is 285 g/mol. The summed E-state index contributed by atoms with van der Waals surface area (Å²) >= 11 is 1.79. The van der Waals surface area contributed by atoms with E-state index in [1.807, 2.05) is 30.3 Å². The first-order valence-corrected chi connectivity index (χ1v) is 8.16. The Morgan fingerprint density at radius 2 is 2.15 bits per heavy atom. The highest BCUT2D eigenvalue weighted by Gasteiger charge is 2.21. The Morgan fingerprint density at radius 1 is 1.30 bits per heavy atom. The number of benzene rings is 1. The lowest BCUT2D eigenvalue weighted by atomic mass is 9.91. The van der Waals surface area contributed by atoms with Gasteiger partial charge in [-0.05, 0) is 30.9 Å². The fraction of sp³-hybridized carbons (Fsp3) is 0.412. The van der Waals surface area contributed by atoms with E-state index >= 15 is 0 Å². The van der Waals surface area contributed by atoms with Crippen LogP contribution in [-0.4, -0.2) is 16.5 Å². The van der Waals surface area contributed by atoms with Crippen LogP contribution >= 0.6 is 11.8 Å². The molecule has 0 radical (unpaired) electrons. The zero-order chi connectivity index (χ0) is 13.9. The van der Waals surface area contributed by atoms with Crippen molar-refractivity contribution < 1.29 is 4.79 Å². The summed E-state index contributed by atoms with van der Waals surface area (Å²) in [6.45, 7) is 2.32. The highest BCUT2D eigenvalue weighted by molar-refractivity contribution is 7.99. The second-order valence-electron chi connectivity index (χ2n) is 5.70. The van der Waals surface area contributed by atoms with Crippen LogP contribution in [0.5, 0.6) is 0 Å². The molecule has 1 fully saturated rings. The molecule has 0 amide bonds. The summed E-state index contributed by atoms with van der Waals surface area (Å²) in [7, 11) is 0. The van der Waals surface area contributed by atoms with E-state index in [0.717, 1.165) is 33.7 Å². The summed E-state index contributed by atoms with van der Waals surface area (Å²) in [6, 6.07) is 9.95. The molecule has 2 aromatic rings. The molecule has 2 atom stereocenters. The third-order valence-corrected chi connectivity index (χ3v) is 5.32. The van der Waals surface area contributed by atoms with Crippen molar-refractivity contribution in [3.8, 4) is 0 Å². The average Bonchev–Trinajstić information content (AvgIpc) is 2.46. The SMILES string of the molecule is CC1CCCC(Sc2nc3ccccc3cc2C=O)C1. The van der Waals surface area contributed by atoms with E-state index in [2.05, 4.69) is 6.92 Å². The minimum Gasteiger partial charge on any atom is -0.298 e. The van der Waals surface area contributed by atoms with Crippen molar-refractivity contribution in [2.45, 2.75) is 42.9 Å². The van der Waals surface area contributed by atoms with Crippen LogP contribution in [-0.2, 0) is 0 Å². The van der Waals surface area contributed by atoms with Crippen molar-refractivity contribution in [2.75, 3.05) is 0 Å². The van der Waals surface area contributed by atoms with E-state index in [-0.39, 0.29) is 0 Å². The first-order chi connectivity index (χ1) is 9.76. The van der Waals surface area contributed by atoms with Crippen LogP contribution in [0.4, 0.5) is 0 Å². The van der Waals surface area contributed by atoms with Gasteiger partial charge >= 0.3 is 0 Å². The van der Waals surface area contributed by atoms with E-state index in [1.165, 1.54) is 25.7 Å². The maximum absolute atomic E-state index is 11.3. The summed E-state index contributed by atoms with van der Waals surface area (Å²) in [5.41, 5.74) is 1.70. The van der Waals surface area contributed by atoms with Crippen molar-refractivity contribution in [2.24, 2.45) is 5.92 Å². The summed E-state index contributed by atoms with van der Waals surface area (Å²) in [5, 5.41) is 2.54. The van der Waals surface area contributed by atoms with Gasteiger partial charge in [0, 0.05) is 16.2 Å². The molecule has 3 rings (SSSR count). The molecule has 1 heterocycles. The van der Waals surface area contributed by atoms with Crippen molar-refractivity contribution in [1.82, 2.24) is 4.98 Å². The maximum Gasteiger partial charge on any atom is 0.152 e. The van der Waals surface area contributed by atoms with Gasteiger partial charge in [0.25, 0.3) is 0 Å². The minimum absolute atomic E-state index is 0.603. The second-order valence-corrected chi connectivity index (χ2v) is 6.99. The van der Waals surface area contributed by atoms with E-state index in [0.29, 0.717) is 5.25 Å². The number of rotatable bonds is 3. The molecule has 1 aliphatic rings. The standard InChI is InChI=1S/C17H19NOS/c1-12-5-4-7-15(9-12)20-17-14(11-19)10-13-6-2-3-8-16(13)18-17/h2-3,6,8,10-12,15H,4-5,7,9H2,1H3. The molecule has 1 aromatic heterocycles.